The summed E-state index contributed by atoms with van der Waals surface area (Å²) in [6.07, 6.45) is 1.73. The third-order valence-corrected chi connectivity index (χ3v) is 5.67. The predicted molar refractivity (Wildman–Crippen MR) is 113 cm³/mol. The number of carbonyl (C=O) groups excluding carboxylic acids is 1. The molecule has 0 saturated heterocycles. The smallest absolute Gasteiger partial charge is 0.255 e. The van der Waals surface area contributed by atoms with E-state index in [1.807, 2.05) is 6.92 Å². The summed E-state index contributed by atoms with van der Waals surface area (Å²) in [6, 6.07) is 6.09. The third-order valence-electron chi connectivity index (χ3n) is 4.09. The van der Waals surface area contributed by atoms with E-state index in [4.69, 9.17) is 21.4 Å². The van der Waals surface area contributed by atoms with Crippen LogP contribution >= 0.6 is 23.4 Å². The van der Waals surface area contributed by atoms with Crippen molar-refractivity contribution in [3.8, 4) is 0 Å². The predicted octanol–water partition coefficient (Wildman–Crippen LogP) is 5.53. The number of rotatable bonds is 11. The summed E-state index contributed by atoms with van der Waals surface area (Å²) >= 11 is 7.68. The Morgan fingerprint density at radius 2 is 1.90 bits per heavy atom. The lowest BCUT2D eigenvalue weighted by atomic mass is 10.2. The Kier molecular flexibility index (Phi) is 9.97. The van der Waals surface area contributed by atoms with Gasteiger partial charge >= 0.3 is 0 Å². The van der Waals surface area contributed by atoms with Crippen LogP contribution in [0.2, 0.25) is 5.02 Å². The van der Waals surface area contributed by atoms with E-state index in [9.17, 15) is 18.0 Å². The molecule has 0 aliphatic rings. The summed E-state index contributed by atoms with van der Waals surface area (Å²) in [5, 5.41) is 11.8. The van der Waals surface area contributed by atoms with Crippen molar-refractivity contribution in [2.75, 3.05) is 30.9 Å². The van der Waals surface area contributed by atoms with Crippen LogP contribution < -0.4 is 5.32 Å². The SMILES string of the molecule is CC(CO)COCCCCSc1cc(C(=O)Nc2cc(F)c(F)c(F)c2)ccc1Cl. The summed E-state index contributed by atoms with van der Waals surface area (Å²) in [5.74, 6) is -4.07. The first-order valence-corrected chi connectivity index (χ1v) is 10.7. The largest absolute Gasteiger partial charge is 0.396 e. The van der Waals surface area contributed by atoms with Crippen molar-refractivity contribution in [2.24, 2.45) is 5.92 Å². The number of benzene rings is 2. The van der Waals surface area contributed by atoms with Crippen molar-refractivity contribution in [3.05, 3.63) is 58.4 Å². The van der Waals surface area contributed by atoms with Crippen LogP contribution in [0.3, 0.4) is 0 Å². The van der Waals surface area contributed by atoms with Gasteiger partial charge in [0, 0.05) is 47.4 Å². The van der Waals surface area contributed by atoms with Gasteiger partial charge in [-0.3, -0.25) is 4.79 Å². The van der Waals surface area contributed by atoms with Crippen molar-refractivity contribution >= 4 is 35.0 Å². The number of aliphatic hydroxyl groups is 1. The molecule has 0 aliphatic heterocycles. The van der Waals surface area contributed by atoms with E-state index in [1.165, 1.54) is 17.8 Å². The Balaban J connectivity index is 1.87. The zero-order valence-electron chi connectivity index (χ0n) is 16.4. The van der Waals surface area contributed by atoms with Gasteiger partial charge in [-0.25, -0.2) is 13.2 Å². The van der Waals surface area contributed by atoms with E-state index in [0.717, 1.165) is 18.6 Å². The van der Waals surface area contributed by atoms with E-state index < -0.39 is 23.4 Å². The van der Waals surface area contributed by atoms with Gasteiger partial charge in [0.2, 0.25) is 0 Å². The van der Waals surface area contributed by atoms with Gasteiger partial charge in [-0.2, -0.15) is 0 Å². The number of hydrogen-bond donors (Lipinski definition) is 2. The number of unbranched alkanes of at least 4 members (excludes halogenated alkanes) is 1. The second-order valence-corrected chi connectivity index (χ2v) is 8.32. The maximum Gasteiger partial charge on any atom is 0.255 e. The Morgan fingerprint density at radius 1 is 1.20 bits per heavy atom. The highest BCUT2D eigenvalue weighted by atomic mass is 35.5. The van der Waals surface area contributed by atoms with Crippen LogP contribution in [-0.4, -0.2) is 36.6 Å². The van der Waals surface area contributed by atoms with Gasteiger partial charge in [0.25, 0.3) is 5.91 Å². The van der Waals surface area contributed by atoms with E-state index in [1.54, 1.807) is 12.1 Å². The molecule has 0 saturated carbocycles. The van der Waals surface area contributed by atoms with Gasteiger partial charge in [-0.1, -0.05) is 18.5 Å². The van der Waals surface area contributed by atoms with Crippen molar-refractivity contribution in [1.29, 1.82) is 0 Å². The highest BCUT2D eigenvalue weighted by Gasteiger charge is 2.14. The van der Waals surface area contributed by atoms with Crippen molar-refractivity contribution in [1.82, 2.24) is 0 Å². The van der Waals surface area contributed by atoms with Gasteiger partial charge in [-0.15, -0.1) is 11.8 Å². The molecule has 0 aromatic heterocycles. The van der Waals surface area contributed by atoms with Gasteiger partial charge in [0.15, 0.2) is 17.5 Å². The van der Waals surface area contributed by atoms with Gasteiger partial charge in [0.05, 0.1) is 11.6 Å². The first-order chi connectivity index (χ1) is 14.3. The molecule has 0 aliphatic carbocycles. The summed E-state index contributed by atoms with van der Waals surface area (Å²) in [5.41, 5.74) is 0.0736. The zero-order chi connectivity index (χ0) is 22.1. The molecule has 2 rings (SSSR count). The first kappa shape index (κ1) is 24.5. The van der Waals surface area contributed by atoms with E-state index >= 15 is 0 Å². The number of carbonyl (C=O) groups is 1. The number of hydrogen-bond acceptors (Lipinski definition) is 4. The molecule has 0 radical (unpaired) electrons. The molecule has 1 atom stereocenters. The molecule has 0 heterocycles. The van der Waals surface area contributed by atoms with E-state index in [0.29, 0.717) is 35.3 Å². The lowest BCUT2D eigenvalue weighted by molar-refractivity contribution is 0.0784. The van der Waals surface area contributed by atoms with Crippen LogP contribution in [0.5, 0.6) is 0 Å². The van der Waals surface area contributed by atoms with Crippen LogP contribution in [-0.2, 0) is 4.74 Å². The molecule has 0 bridgehead atoms. The fourth-order valence-electron chi connectivity index (χ4n) is 2.41. The minimum absolute atomic E-state index is 0.101. The molecule has 4 nitrogen and oxygen atoms in total. The van der Waals surface area contributed by atoms with Crippen LogP contribution in [0.25, 0.3) is 0 Å². The summed E-state index contributed by atoms with van der Waals surface area (Å²) in [7, 11) is 0. The average molecular weight is 462 g/mol. The number of thioether (sulfide) groups is 1. The topological polar surface area (TPSA) is 58.6 Å². The molecule has 30 heavy (non-hydrogen) atoms. The summed E-state index contributed by atoms with van der Waals surface area (Å²) in [6.45, 7) is 3.13. The standard InChI is InChI=1S/C21H23ClF3NO3S/c1-13(11-27)12-29-6-2-3-7-30-19-8-14(4-5-16(19)22)21(28)26-15-9-17(23)20(25)18(24)10-15/h4-5,8-10,13,27H,2-3,6-7,11-12H2,1H3,(H,26,28). The lowest BCUT2D eigenvalue weighted by Crippen LogP contribution is -2.12. The van der Waals surface area contributed by atoms with Gasteiger partial charge in [-0.05, 0) is 36.8 Å². The van der Waals surface area contributed by atoms with Crippen LogP contribution in [0, 0.1) is 23.4 Å². The third kappa shape index (κ3) is 7.50. The van der Waals surface area contributed by atoms with Gasteiger partial charge < -0.3 is 15.2 Å². The highest BCUT2D eigenvalue weighted by molar-refractivity contribution is 7.99. The highest BCUT2D eigenvalue weighted by Crippen LogP contribution is 2.29. The Labute approximate surface area is 182 Å². The minimum Gasteiger partial charge on any atom is -0.396 e. The maximum absolute atomic E-state index is 13.3. The molecule has 2 N–H and O–H groups in total. The normalized spacial score (nSPS) is 12.1. The summed E-state index contributed by atoms with van der Waals surface area (Å²) in [4.78, 5) is 13.1. The maximum atomic E-state index is 13.3. The molecule has 9 heteroatoms. The minimum atomic E-state index is -1.59. The number of halogens is 4. The monoisotopic (exact) mass is 461 g/mol. The number of amides is 1. The van der Waals surface area contributed by atoms with Crippen molar-refractivity contribution in [2.45, 2.75) is 24.7 Å². The number of nitrogens with one attached hydrogen (secondary N) is 1. The molecular weight excluding hydrogens is 439 g/mol. The molecule has 2 aromatic rings. The second kappa shape index (κ2) is 12.2. The van der Waals surface area contributed by atoms with E-state index in [-0.39, 0.29) is 23.8 Å². The molecular formula is C21H23ClF3NO3S. The molecule has 1 amide bonds. The first-order valence-electron chi connectivity index (χ1n) is 9.38. The average Bonchev–Trinajstić information content (AvgIpc) is 2.72. The quantitative estimate of drug-likeness (QED) is 0.262. The molecule has 1 unspecified atom stereocenters. The zero-order valence-corrected chi connectivity index (χ0v) is 18.0. The van der Waals surface area contributed by atoms with Gasteiger partial charge in [0.1, 0.15) is 0 Å². The Bertz CT molecular complexity index is 846. The lowest BCUT2D eigenvalue weighted by Gasteiger charge is -2.10. The molecule has 2 aromatic carbocycles. The second-order valence-electron chi connectivity index (χ2n) is 6.77. The number of ether oxygens (including phenoxy) is 1. The number of aliphatic hydroxyl groups excluding tert-OH is 1. The van der Waals surface area contributed by atoms with Crippen LogP contribution in [0.1, 0.15) is 30.1 Å². The van der Waals surface area contributed by atoms with Crippen LogP contribution in [0.4, 0.5) is 18.9 Å². The van der Waals surface area contributed by atoms with Crippen LogP contribution in [0.15, 0.2) is 35.2 Å². The molecule has 0 fully saturated rings. The fraction of sp³-hybridized carbons (Fsp3) is 0.381. The number of anilines is 1. The molecule has 164 valence electrons. The fourth-order valence-corrected chi connectivity index (χ4v) is 3.68. The van der Waals surface area contributed by atoms with E-state index in [2.05, 4.69) is 5.32 Å². The van der Waals surface area contributed by atoms with Crippen molar-refractivity contribution in [3.63, 3.8) is 0 Å². The Morgan fingerprint density at radius 3 is 2.57 bits per heavy atom. The molecule has 0 spiro atoms. The van der Waals surface area contributed by atoms with Crippen molar-refractivity contribution < 1.29 is 27.8 Å². The summed E-state index contributed by atoms with van der Waals surface area (Å²) < 4.78 is 45.1. The Hall–Kier alpha value is -1.74.